The molecular formula is C15H12ClN5. The SMILES string of the molecule is Clc1cccc(NC=Cc2nnnn2-c2ccccc2)c1. The lowest BCUT2D eigenvalue weighted by Gasteiger charge is -2.02. The normalized spacial score (nSPS) is 10.9. The molecule has 0 saturated carbocycles. The van der Waals surface area contributed by atoms with E-state index in [-0.39, 0.29) is 0 Å². The molecule has 0 unspecified atom stereocenters. The summed E-state index contributed by atoms with van der Waals surface area (Å²) in [7, 11) is 0. The molecule has 0 fully saturated rings. The zero-order valence-corrected chi connectivity index (χ0v) is 11.8. The minimum Gasteiger partial charge on any atom is -0.362 e. The Hall–Kier alpha value is -2.66. The van der Waals surface area contributed by atoms with E-state index in [9.17, 15) is 0 Å². The average Bonchev–Trinajstić information content (AvgIpc) is 2.97. The van der Waals surface area contributed by atoms with Crippen molar-refractivity contribution in [2.75, 3.05) is 5.32 Å². The van der Waals surface area contributed by atoms with E-state index in [2.05, 4.69) is 20.8 Å². The number of tetrazole rings is 1. The fraction of sp³-hybridized carbons (Fsp3) is 0. The van der Waals surface area contributed by atoms with Crippen LogP contribution in [0, 0.1) is 0 Å². The molecule has 0 aliphatic carbocycles. The monoisotopic (exact) mass is 297 g/mol. The first-order valence-electron chi connectivity index (χ1n) is 6.35. The van der Waals surface area contributed by atoms with Crippen molar-refractivity contribution in [3.63, 3.8) is 0 Å². The van der Waals surface area contributed by atoms with Crippen molar-refractivity contribution in [3.05, 3.63) is 71.6 Å². The number of hydrogen-bond donors (Lipinski definition) is 1. The highest BCUT2D eigenvalue weighted by atomic mass is 35.5. The molecule has 0 amide bonds. The van der Waals surface area contributed by atoms with E-state index in [4.69, 9.17) is 11.6 Å². The summed E-state index contributed by atoms with van der Waals surface area (Å²) in [6.45, 7) is 0. The topological polar surface area (TPSA) is 55.6 Å². The third-order valence-electron chi connectivity index (χ3n) is 2.80. The van der Waals surface area contributed by atoms with Crippen molar-refractivity contribution in [2.24, 2.45) is 0 Å². The van der Waals surface area contributed by atoms with Crippen LogP contribution in [0.2, 0.25) is 5.02 Å². The summed E-state index contributed by atoms with van der Waals surface area (Å²) >= 11 is 5.93. The number of anilines is 1. The first-order chi connectivity index (χ1) is 10.3. The Morgan fingerprint density at radius 1 is 1.05 bits per heavy atom. The molecule has 6 heteroatoms. The van der Waals surface area contributed by atoms with Gasteiger partial charge in [-0.05, 0) is 40.8 Å². The number of nitrogens with one attached hydrogen (secondary N) is 1. The zero-order chi connectivity index (χ0) is 14.5. The highest BCUT2D eigenvalue weighted by molar-refractivity contribution is 6.30. The predicted octanol–water partition coefficient (Wildman–Crippen LogP) is 3.40. The number of halogens is 1. The Kier molecular flexibility index (Phi) is 3.93. The molecule has 0 atom stereocenters. The summed E-state index contributed by atoms with van der Waals surface area (Å²) < 4.78 is 1.66. The second kappa shape index (κ2) is 6.19. The molecule has 5 nitrogen and oxygen atoms in total. The van der Waals surface area contributed by atoms with Gasteiger partial charge >= 0.3 is 0 Å². The second-order valence-corrected chi connectivity index (χ2v) is 4.71. The summed E-state index contributed by atoms with van der Waals surface area (Å²) in [6.07, 6.45) is 3.57. The van der Waals surface area contributed by atoms with Crippen molar-refractivity contribution in [1.82, 2.24) is 20.2 Å². The quantitative estimate of drug-likeness (QED) is 0.802. The van der Waals surface area contributed by atoms with E-state index in [1.807, 2.05) is 54.6 Å². The smallest absolute Gasteiger partial charge is 0.181 e. The molecule has 0 spiro atoms. The molecular weight excluding hydrogens is 286 g/mol. The Morgan fingerprint density at radius 2 is 1.90 bits per heavy atom. The number of benzene rings is 2. The van der Waals surface area contributed by atoms with Crippen molar-refractivity contribution in [2.45, 2.75) is 0 Å². The summed E-state index contributed by atoms with van der Waals surface area (Å²) in [6, 6.07) is 17.2. The molecule has 0 radical (unpaired) electrons. The van der Waals surface area contributed by atoms with E-state index >= 15 is 0 Å². The van der Waals surface area contributed by atoms with E-state index in [0.29, 0.717) is 10.8 Å². The summed E-state index contributed by atoms with van der Waals surface area (Å²) in [5, 5.41) is 15.5. The average molecular weight is 298 g/mol. The summed E-state index contributed by atoms with van der Waals surface area (Å²) in [5.41, 5.74) is 1.81. The van der Waals surface area contributed by atoms with Crippen LogP contribution < -0.4 is 5.32 Å². The van der Waals surface area contributed by atoms with Crippen LogP contribution in [0.5, 0.6) is 0 Å². The molecule has 0 aliphatic rings. The van der Waals surface area contributed by atoms with Gasteiger partial charge in [-0.15, -0.1) is 5.10 Å². The lowest BCUT2D eigenvalue weighted by atomic mass is 10.3. The molecule has 1 heterocycles. The number of hydrogen-bond acceptors (Lipinski definition) is 4. The van der Waals surface area contributed by atoms with Gasteiger partial charge in [-0.25, -0.2) is 0 Å². The first kappa shape index (κ1) is 13.3. The molecule has 0 aliphatic heterocycles. The molecule has 1 N–H and O–H groups in total. The second-order valence-electron chi connectivity index (χ2n) is 4.27. The number of rotatable bonds is 4. The fourth-order valence-corrected chi connectivity index (χ4v) is 2.03. The van der Waals surface area contributed by atoms with Gasteiger partial charge in [-0.1, -0.05) is 35.9 Å². The van der Waals surface area contributed by atoms with E-state index in [1.165, 1.54) is 0 Å². The number of para-hydroxylation sites is 1. The van der Waals surface area contributed by atoms with Crippen LogP contribution in [-0.2, 0) is 0 Å². The van der Waals surface area contributed by atoms with Gasteiger partial charge in [-0.2, -0.15) is 4.68 Å². The Balaban J connectivity index is 1.77. The first-order valence-corrected chi connectivity index (χ1v) is 6.73. The van der Waals surface area contributed by atoms with Gasteiger partial charge in [-0.3, -0.25) is 0 Å². The lowest BCUT2D eigenvalue weighted by molar-refractivity contribution is 0.787. The molecule has 0 bridgehead atoms. The molecule has 21 heavy (non-hydrogen) atoms. The van der Waals surface area contributed by atoms with Crippen molar-refractivity contribution >= 4 is 23.4 Å². The maximum atomic E-state index is 5.93. The Morgan fingerprint density at radius 3 is 2.71 bits per heavy atom. The summed E-state index contributed by atoms with van der Waals surface area (Å²) in [4.78, 5) is 0. The molecule has 3 rings (SSSR count). The van der Waals surface area contributed by atoms with Crippen LogP contribution in [0.3, 0.4) is 0 Å². The van der Waals surface area contributed by atoms with Gasteiger partial charge in [0.15, 0.2) is 5.82 Å². The molecule has 0 saturated heterocycles. The van der Waals surface area contributed by atoms with Gasteiger partial charge < -0.3 is 5.32 Å². The van der Waals surface area contributed by atoms with Crippen LogP contribution in [0.15, 0.2) is 60.8 Å². The Bertz CT molecular complexity index is 752. The molecule has 2 aromatic carbocycles. The third kappa shape index (κ3) is 3.27. The molecule has 3 aromatic rings. The summed E-state index contributed by atoms with van der Waals surface area (Å²) in [5.74, 6) is 0.635. The largest absolute Gasteiger partial charge is 0.362 e. The van der Waals surface area contributed by atoms with Crippen LogP contribution in [-0.4, -0.2) is 20.2 Å². The fourth-order valence-electron chi connectivity index (χ4n) is 1.84. The van der Waals surface area contributed by atoms with E-state index < -0.39 is 0 Å². The van der Waals surface area contributed by atoms with Crippen LogP contribution >= 0.6 is 11.6 Å². The van der Waals surface area contributed by atoms with Crippen molar-refractivity contribution in [3.8, 4) is 5.69 Å². The van der Waals surface area contributed by atoms with Gasteiger partial charge in [0.2, 0.25) is 0 Å². The minimum atomic E-state index is 0.635. The van der Waals surface area contributed by atoms with E-state index in [1.54, 1.807) is 17.0 Å². The lowest BCUT2D eigenvalue weighted by Crippen LogP contribution is -1.99. The van der Waals surface area contributed by atoms with Crippen LogP contribution in [0.25, 0.3) is 11.8 Å². The van der Waals surface area contributed by atoms with Crippen molar-refractivity contribution in [1.29, 1.82) is 0 Å². The molecule has 1 aromatic heterocycles. The third-order valence-corrected chi connectivity index (χ3v) is 3.04. The highest BCUT2D eigenvalue weighted by Crippen LogP contribution is 2.15. The predicted molar refractivity (Wildman–Crippen MR) is 83.3 cm³/mol. The van der Waals surface area contributed by atoms with Gasteiger partial charge in [0.25, 0.3) is 0 Å². The zero-order valence-electron chi connectivity index (χ0n) is 11.0. The van der Waals surface area contributed by atoms with E-state index in [0.717, 1.165) is 11.4 Å². The van der Waals surface area contributed by atoms with Gasteiger partial charge in [0, 0.05) is 23.0 Å². The highest BCUT2D eigenvalue weighted by Gasteiger charge is 2.03. The van der Waals surface area contributed by atoms with Crippen molar-refractivity contribution < 1.29 is 0 Å². The molecule has 104 valence electrons. The standard InChI is InChI=1S/C15H12ClN5/c16-12-5-4-6-13(11-12)17-10-9-15-18-19-20-21(15)14-7-2-1-3-8-14/h1-11,17H. The van der Waals surface area contributed by atoms with Gasteiger partial charge in [0.1, 0.15) is 0 Å². The van der Waals surface area contributed by atoms with Crippen LogP contribution in [0.4, 0.5) is 5.69 Å². The van der Waals surface area contributed by atoms with Crippen LogP contribution in [0.1, 0.15) is 5.82 Å². The number of nitrogens with zero attached hydrogens (tertiary/aromatic N) is 4. The Labute approximate surface area is 126 Å². The number of aromatic nitrogens is 4. The van der Waals surface area contributed by atoms with Gasteiger partial charge in [0.05, 0.1) is 5.69 Å². The maximum absolute atomic E-state index is 5.93. The minimum absolute atomic E-state index is 0.635. The maximum Gasteiger partial charge on any atom is 0.181 e.